The van der Waals surface area contributed by atoms with Crippen molar-refractivity contribution >= 4 is 0 Å². The van der Waals surface area contributed by atoms with Crippen molar-refractivity contribution in [3.05, 3.63) is 48.2 Å². The third-order valence-corrected chi connectivity index (χ3v) is 3.99. The molecule has 2 unspecified atom stereocenters. The summed E-state index contributed by atoms with van der Waals surface area (Å²) in [4.78, 5) is 3.75. The number of nitrogens with one attached hydrogen (secondary N) is 1. The van der Waals surface area contributed by atoms with Gasteiger partial charge in [0.1, 0.15) is 0 Å². The van der Waals surface area contributed by atoms with E-state index < -0.39 is 0 Å². The first kappa shape index (κ1) is 15.6. The monoisotopic (exact) mass is 313 g/mol. The molecule has 2 atom stereocenters. The highest BCUT2D eigenvalue weighted by atomic mass is 16.5. The average Bonchev–Trinajstić information content (AvgIpc) is 2.57. The van der Waals surface area contributed by atoms with Crippen LogP contribution < -0.4 is 14.8 Å². The summed E-state index contributed by atoms with van der Waals surface area (Å²) in [5, 5.41) is 14.9. The van der Waals surface area contributed by atoms with Crippen molar-refractivity contribution < 1.29 is 14.6 Å². The number of hydrogen-bond acceptors (Lipinski definition) is 4. The molecular formula is C18H21N2O3. The number of nitrogens with zero attached hydrogens (tertiary/aromatic N) is 1. The molecule has 1 aromatic carbocycles. The smallest absolute Gasteiger partial charge is 0.269 e. The van der Waals surface area contributed by atoms with Gasteiger partial charge in [0.15, 0.2) is 17.7 Å². The third kappa shape index (κ3) is 3.74. The summed E-state index contributed by atoms with van der Waals surface area (Å²) in [5.74, 6) is 1.37. The molecule has 1 aliphatic rings. The van der Waals surface area contributed by atoms with Crippen molar-refractivity contribution in [3.8, 4) is 17.4 Å². The second-order valence-corrected chi connectivity index (χ2v) is 5.55. The number of pyridine rings is 1. The van der Waals surface area contributed by atoms with Gasteiger partial charge >= 0.3 is 0 Å². The van der Waals surface area contributed by atoms with Crippen molar-refractivity contribution in [2.24, 2.45) is 0 Å². The van der Waals surface area contributed by atoms with Gasteiger partial charge in [0.2, 0.25) is 0 Å². The fraction of sp³-hybridized carbons (Fsp3) is 0.389. The van der Waals surface area contributed by atoms with E-state index in [1.807, 2.05) is 37.3 Å². The van der Waals surface area contributed by atoms with E-state index in [9.17, 15) is 5.11 Å². The quantitative estimate of drug-likeness (QED) is 0.917. The molecule has 1 fully saturated rings. The minimum Gasteiger partial charge on any atom is -0.490 e. The van der Waals surface area contributed by atoms with Gasteiger partial charge < -0.3 is 9.47 Å². The zero-order valence-corrected chi connectivity index (χ0v) is 13.2. The molecule has 1 N–H and O–H groups in total. The molecule has 0 bridgehead atoms. The molecule has 1 radical (unpaired) electrons. The number of ether oxygens (including phenoxy) is 2. The van der Waals surface area contributed by atoms with E-state index in [0.29, 0.717) is 6.61 Å². The average molecular weight is 313 g/mol. The third-order valence-electron chi connectivity index (χ3n) is 3.99. The van der Waals surface area contributed by atoms with Gasteiger partial charge in [-0.05, 0) is 50.1 Å². The fourth-order valence-electron chi connectivity index (χ4n) is 2.94. The van der Waals surface area contributed by atoms with Crippen LogP contribution in [0.2, 0.25) is 0 Å². The van der Waals surface area contributed by atoms with E-state index in [-0.39, 0.29) is 18.0 Å². The number of benzene rings is 1. The molecule has 2 aromatic rings. The van der Waals surface area contributed by atoms with Gasteiger partial charge in [0.05, 0.1) is 6.61 Å². The highest BCUT2D eigenvalue weighted by molar-refractivity contribution is 5.40. The number of para-hydroxylation sites is 2. The second kappa shape index (κ2) is 7.33. The van der Waals surface area contributed by atoms with Crippen molar-refractivity contribution in [3.63, 3.8) is 0 Å². The molecule has 5 heteroatoms. The highest BCUT2D eigenvalue weighted by Gasteiger charge is 2.29. The van der Waals surface area contributed by atoms with Crippen molar-refractivity contribution in [1.29, 1.82) is 0 Å². The highest BCUT2D eigenvalue weighted by Crippen LogP contribution is 2.34. The van der Waals surface area contributed by atoms with Gasteiger partial charge in [-0.25, -0.2) is 4.98 Å². The van der Waals surface area contributed by atoms with Crippen LogP contribution in [0.5, 0.6) is 17.4 Å². The van der Waals surface area contributed by atoms with Crippen LogP contribution in [-0.4, -0.2) is 24.4 Å². The molecule has 0 amide bonds. The molecule has 0 spiro atoms. The van der Waals surface area contributed by atoms with Gasteiger partial charge in [0, 0.05) is 18.2 Å². The first-order chi connectivity index (χ1) is 11.3. The van der Waals surface area contributed by atoms with Crippen LogP contribution in [0.4, 0.5) is 0 Å². The lowest BCUT2D eigenvalue weighted by molar-refractivity contribution is 0.103. The van der Waals surface area contributed by atoms with Gasteiger partial charge in [-0.15, -0.1) is 0 Å². The maximum Gasteiger partial charge on any atom is 0.269 e. The fourth-order valence-corrected chi connectivity index (χ4v) is 2.94. The molecule has 1 aromatic heterocycles. The maximum absolute atomic E-state index is 11.5. The van der Waals surface area contributed by atoms with Crippen molar-refractivity contribution in [1.82, 2.24) is 10.3 Å². The van der Waals surface area contributed by atoms with E-state index in [1.165, 1.54) is 0 Å². The Morgan fingerprint density at radius 3 is 2.87 bits per heavy atom. The number of piperidine rings is 1. The van der Waals surface area contributed by atoms with E-state index in [0.717, 1.165) is 36.4 Å². The summed E-state index contributed by atoms with van der Waals surface area (Å²) in [5.41, 5.74) is 0.969. The number of rotatable bonds is 5. The van der Waals surface area contributed by atoms with E-state index in [1.54, 1.807) is 12.3 Å². The zero-order chi connectivity index (χ0) is 16.1. The summed E-state index contributed by atoms with van der Waals surface area (Å²) < 4.78 is 11.8. The predicted molar refractivity (Wildman–Crippen MR) is 86.4 cm³/mol. The Bertz CT molecular complexity index is 648. The molecule has 1 saturated heterocycles. The van der Waals surface area contributed by atoms with Crippen LogP contribution in [0.25, 0.3) is 0 Å². The Morgan fingerprint density at radius 1 is 1.26 bits per heavy atom. The lowest BCUT2D eigenvalue weighted by Crippen LogP contribution is -2.44. The van der Waals surface area contributed by atoms with E-state index in [2.05, 4.69) is 10.3 Å². The Hall–Kier alpha value is -2.27. The summed E-state index contributed by atoms with van der Waals surface area (Å²) in [6, 6.07) is 11.2. The topological polar surface area (TPSA) is 63.3 Å². The molecule has 23 heavy (non-hydrogen) atoms. The SMILES string of the molecule is CCOc1ccccc1OC1NCCCC1c1ccnc([O])c1. The van der Waals surface area contributed by atoms with Crippen LogP contribution in [-0.2, 0) is 5.11 Å². The van der Waals surface area contributed by atoms with E-state index >= 15 is 0 Å². The largest absolute Gasteiger partial charge is 0.490 e. The number of hydrogen-bond donors (Lipinski definition) is 1. The molecule has 5 nitrogen and oxygen atoms in total. The lowest BCUT2D eigenvalue weighted by Gasteiger charge is -2.33. The summed E-state index contributed by atoms with van der Waals surface area (Å²) in [6.45, 7) is 3.43. The first-order valence-electron chi connectivity index (χ1n) is 8.02. The summed E-state index contributed by atoms with van der Waals surface area (Å²) >= 11 is 0. The minimum absolute atomic E-state index is 0.120. The second-order valence-electron chi connectivity index (χ2n) is 5.55. The predicted octanol–water partition coefficient (Wildman–Crippen LogP) is 3.50. The van der Waals surface area contributed by atoms with Crippen LogP contribution in [0.3, 0.4) is 0 Å². The maximum atomic E-state index is 11.5. The molecule has 3 rings (SSSR count). The molecule has 1 aliphatic heterocycles. The Morgan fingerprint density at radius 2 is 2.09 bits per heavy atom. The summed E-state index contributed by atoms with van der Waals surface area (Å²) in [7, 11) is 0. The summed E-state index contributed by atoms with van der Waals surface area (Å²) in [6.07, 6.45) is 3.40. The van der Waals surface area contributed by atoms with Gasteiger partial charge in [-0.3, -0.25) is 10.4 Å². The standard InChI is InChI=1S/C18H21N2O3/c1-2-22-15-7-3-4-8-16(15)23-18-14(6-5-10-20-18)13-9-11-19-17(21)12-13/h3-4,7-9,11-12,14,18,20H,2,5-6,10H2,1H3. The zero-order valence-electron chi connectivity index (χ0n) is 13.2. The number of aromatic nitrogens is 1. The Balaban J connectivity index is 1.82. The molecule has 0 saturated carbocycles. The Labute approximate surface area is 136 Å². The lowest BCUT2D eigenvalue weighted by atomic mass is 9.90. The van der Waals surface area contributed by atoms with Crippen LogP contribution in [0.15, 0.2) is 42.6 Å². The van der Waals surface area contributed by atoms with Crippen LogP contribution in [0, 0.1) is 0 Å². The molecule has 121 valence electrons. The Kier molecular flexibility index (Phi) is 4.98. The van der Waals surface area contributed by atoms with Gasteiger partial charge in [-0.1, -0.05) is 12.1 Å². The van der Waals surface area contributed by atoms with E-state index in [4.69, 9.17) is 9.47 Å². The normalized spacial score (nSPS) is 20.9. The molecular weight excluding hydrogens is 292 g/mol. The van der Waals surface area contributed by atoms with Gasteiger partial charge in [0.25, 0.3) is 5.88 Å². The molecule has 2 heterocycles. The van der Waals surface area contributed by atoms with Crippen molar-refractivity contribution in [2.75, 3.05) is 13.2 Å². The first-order valence-corrected chi connectivity index (χ1v) is 8.02. The van der Waals surface area contributed by atoms with Gasteiger partial charge in [-0.2, -0.15) is 0 Å². The molecule has 0 aliphatic carbocycles. The minimum atomic E-state index is -0.207. The van der Waals surface area contributed by atoms with Crippen LogP contribution in [0.1, 0.15) is 31.2 Å². The van der Waals surface area contributed by atoms with Crippen LogP contribution >= 0.6 is 0 Å². The van der Waals surface area contributed by atoms with Crippen molar-refractivity contribution in [2.45, 2.75) is 31.9 Å².